The lowest BCUT2D eigenvalue weighted by Crippen LogP contribution is -2.37. The molecule has 0 saturated carbocycles. The second-order valence-corrected chi connectivity index (χ2v) is 4.03. The molecule has 1 aliphatic rings. The number of carbonyl (C=O) groups excluding carboxylic acids is 1. The van der Waals surface area contributed by atoms with Crippen molar-refractivity contribution in [1.29, 1.82) is 0 Å². The summed E-state index contributed by atoms with van der Waals surface area (Å²) in [6, 6.07) is 5.11. The van der Waals surface area contributed by atoms with Crippen LogP contribution in [0.4, 0.5) is 5.69 Å². The Morgan fingerprint density at radius 3 is 3.00 bits per heavy atom. The molecule has 0 fully saturated rings. The number of halogens is 2. The summed E-state index contributed by atoms with van der Waals surface area (Å²) >= 11 is 11.4. The fourth-order valence-corrected chi connectivity index (χ4v) is 1.78. The van der Waals surface area contributed by atoms with E-state index in [2.05, 4.69) is 5.32 Å². The summed E-state index contributed by atoms with van der Waals surface area (Å²) in [4.78, 5) is 11.5. The van der Waals surface area contributed by atoms with Crippen molar-refractivity contribution in [3.05, 3.63) is 23.2 Å². The molecular weight excluding hydrogens is 237 g/mol. The minimum atomic E-state index is -0.504. The number of amides is 1. The zero-order chi connectivity index (χ0) is 10.8. The standard InChI is InChI=1S/C10H9Cl2NO2/c11-4-3-9-10(14)13-7-5-6(12)1-2-8(7)15-9/h1-2,5,9H,3-4H2,(H,13,14)/t9-/m1/s1. The van der Waals surface area contributed by atoms with E-state index in [1.807, 2.05) is 0 Å². The molecule has 0 bridgehead atoms. The van der Waals surface area contributed by atoms with Gasteiger partial charge in [-0.25, -0.2) is 0 Å². The molecule has 3 nitrogen and oxygen atoms in total. The molecule has 80 valence electrons. The molecule has 1 amide bonds. The SMILES string of the molecule is O=C1Nc2cc(Cl)ccc2O[C@@H]1CCCl. The van der Waals surface area contributed by atoms with Gasteiger partial charge in [0.15, 0.2) is 6.10 Å². The zero-order valence-electron chi connectivity index (χ0n) is 7.80. The van der Waals surface area contributed by atoms with E-state index in [-0.39, 0.29) is 5.91 Å². The van der Waals surface area contributed by atoms with Crippen LogP contribution in [0.5, 0.6) is 5.75 Å². The molecule has 2 rings (SSSR count). The van der Waals surface area contributed by atoms with Gasteiger partial charge >= 0.3 is 0 Å². The number of fused-ring (bicyclic) bond motifs is 1. The van der Waals surface area contributed by atoms with E-state index in [0.29, 0.717) is 28.8 Å². The molecule has 0 aromatic heterocycles. The summed E-state index contributed by atoms with van der Waals surface area (Å²) in [5.74, 6) is 0.848. The van der Waals surface area contributed by atoms with Crippen LogP contribution in [0.2, 0.25) is 5.02 Å². The van der Waals surface area contributed by atoms with E-state index in [1.54, 1.807) is 18.2 Å². The Labute approximate surface area is 97.3 Å². The van der Waals surface area contributed by atoms with Gasteiger partial charge in [0.25, 0.3) is 5.91 Å². The quantitative estimate of drug-likeness (QED) is 0.814. The molecule has 5 heteroatoms. The molecule has 0 aliphatic carbocycles. The van der Waals surface area contributed by atoms with Gasteiger partial charge in [0.2, 0.25) is 0 Å². The predicted molar refractivity (Wildman–Crippen MR) is 59.8 cm³/mol. The highest BCUT2D eigenvalue weighted by Crippen LogP contribution is 2.32. The lowest BCUT2D eigenvalue weighted by molar-refractivity contribution is -0.123. The highest BCUT2D eigenvalue weighted by molar-refractivity contribution is 6.31. The summed E-state index contributed by atoms with van der Waals surface area (Å²) in [7, 11) is 0. The average molecular weight is 246 g/mol. The zero-order valence-corrected chi connectivity index (χ0v) is 9.31. The first-order valence-electron chi connectivity index (χ1n) is 4.54. The Hall–Kier alpha value is -0.930. The fraction of sp³-hybridized carbons (Fsp3) is 0.300. The van der Waals surface area contributed by atoms with E-state index in [4.69, 9.17) is 27.9 Å². The molecule has 0 unspecified atom stereocenters. The normalized spacial score (nSPS) is 19.1. The van der Waals surface area contributed by atoms with Crippen molar-refractivity contribution in [3.8, 4) is 5.75 Å². The van der Waals surface area contributed by atoms with Crippen LogP contribution in [-0.4, -0.2) is 17.9 Å². The lowest BCUT2D eigenvalue weighted by atomic mass is 10.2. The van der Waals surface area contributed by atoms with Crippen molar-refractivity contribution in [2.75, 3.05) is 11.2 Å². The maximum absolute atomic E-state index is 11.5. The number of ether oxygens (including phenoxy) is 1. The Morgan fingerprint density at radius 1 is 1.47 bits per heavy atom. The molecule has 0 saturated heterocycles. The molecule has 0 radical (unpaired) electrons. The van der Waals surface area contributed by atoms with Gasteiger partial charge < -0.3 is 10.1 Å². The third-order valence-electron chi connectivity index (χ3n) is 2.13. The number of alkyl halides is 1. The molecule has 1 atom stereocenters. The topological polar surface area (TPSA) is 38.3 Å². The number of anilines is 1. The van der Waals surface area contributed by atoms with Crippen LogP contribution in [0.25, 0.3) is 0 Å². The molecule has 1 aromatic rings. The van der Waals surface area contributed by atoms with Crippen LogP contribution in [0, 0.1) is 0 Å². The predicted octanol–water partition coefficient (Wildman–Crippen LogP) is 2.67. The second-order valence-electron chi connectivity index (χ2n) is 3.21. The monoisotopic (exact) mass is 245 g/mol. The largest absolute Gasteiger partial charge is 0.478 e. The highest BCUT2D eigenvalue weighted by atomic mass is 35.5. The first-order valence-corrected chi connectivity index (χ1v) is 5.45. The smallest absolute Gasteiger partial charge is 0.265 e. The summed E-state index contributed by atoms with van der Waals surface area (Å²) in [6.45, 7) is 0. The highest BCUT2D eigenvalue weighted by Gasteiger charge is 2.26. The number of hydrogen-bond donors (Lipinski definition) is 1. The first-order chi connectivity index (χ1) is 7.20. The van der Waals surface area contributed by atoms with Crippen molar-refractivity contribution < 1.29 is 9.53 Å². The van der Waals surface area contributed by atoms with E-state index >= 15 is 0 Å². The van der Waals surface area contributed by atoms with Crippen LogP contribution in [0.15, 0.2) is 18.2 Å². The van der Waals surface area contributed by atoms with Crippen LogP contribution in [-0.2, 0) is 4.79 Å². The summed E-state index contributed by atoms with van der Waals surface area (Å²) in [5.41, 5.74) is 0.610. The summed E-state index contributed by atoms with van der Waals surface area (Å²) in [6.07, 6.45) is -0.00805. The average Bonchev–Trinajstić information content (AvgIpc) is 2.20. The van der Waals surface area contributed by atoms with Gasteiger partial charge in [-0.3, -0.25) is 4.79 Å². The van der Waals surface area contributed by atoms with Crippen LogP contribution in [0.1, 0.15) is 6.42 Å². The fourth-order valence-electron chi connectivity index (χ4n) is 1.41. The van der Waals surface area contributed by atoms with E-state index in [0.717, 1.165) is 0 Å². The minimum Gasteiger partial charge on any atom is -0.478 e. The molecule has 0 spiro atoms. The Kier molecular flexibility index (Phi) is 3.03. The molecule has 1 N–H and O–H groups in total. The van der Waals surface area contributed by atoms with E-state index in [1.165, 1.54) is 0 Å². The molecule has 15 heavy (non-hydrogen) atoms. The van der Waals surface area contributed by atoms with Gasteiger partial charge in [0.1, 0.15) is 5.75 Å². The van der Waals surface area contributed by atoms with Gasteiger partial charge in [-0.15, -0.1) is 11.6 Å². The van der Waals surface area contributed by atoms with Gasteiger partial charge in [0, 0.05) is 17.3 Å². The maximum atomic E-state index is 11.5. The third kappa shape index (κ3) is 2.19. The second kappa shape index (κ2) is 4.29. The van der Waals surface area contributed by atoms with Gasteiger partial charge in [-0.2, -0.15) is 0 Å². The third-order valence-corrected chi connectivity index (χ3v) is 2.59. The van der Waals surface area contributed by atoms with Crippen LogP contribution >= 0.6 is 23.2 Å². The lowest BCUT2D eigenvalue weighted by Gasteiger charge is -2.25. The van der Waals surface area contributed by atoms with Gasteiger partial charge in [0.05, 0.1) is 5.69 Å². The van der Waals surface area contributed by atoms with Crippen molar-refractivity contribution in [1.82, 2.24) is 0 Å². The number of rotatable bonds is 2. The maximum Gasteiger partial charge on any atom is 0.265 e. The number of benzene rings is 1. The van der Waals surface area contributed by atoms with Gasteiger partial charge in [-0.05, 0) is 18.2 Å². The number of nitrogens with one attached hydrogen (secondary N) is 1. The number of carbonyl (C=O) groups is 1. The Bertz CT molecular complexity index is 395. The van der Waals surface area contributed by atoms with Crippen molar-refractivity contribution in [3.63, 3.8) is 0 Å². The van der Waals surface area contributed by atoms with Gasteiger partial charge in [-0.1, -0.05) is 11.6 Å². The van der Waals surface area contributed by atoms with E-state index in [9.17, 15) is 4.79 Å². The first kappa shape index (κ1) is 10.6. The van der Waals surface area contributed by atoms with Crippen molar-refractivity contribution in [2.45, 2.75) is 12.5 Å². The summed E-state index contributed by atoms with van der Waals surface area (Å²) in [5, 5.41) is 3.29. The minimum absolute atomic E-state index is 0.176. The Morgan fingerprint density at radius 2 is 2.27 bits per heavy atom. The van der Waals surface area contributed by atoms with Crippen LogP contribution in [0.3, 0.4) is 0 Å². The van der Waals surface area contributed by atoms with Crippen molar-refractivity contribution >= 4 is 34.8 Å². The van der Waals surface area contributed by atoms with Crippen LogP contribution < -0.4 is 10.1 Å². The molecule has 1 aromatic carbocycles. The molecular formula is C10H9Cl2NO2. The van der Waals surface area contributed by atoms with E-state index < -0.39 is 6.10 Å². The molecule has 1 heterocycles. The number of hydrogen-bond acceptors (Lipinski definition) is 2. The Balaban J connectivity index is 2.26. The summed E-state index contributed by atoms with van der Waals surface area (Å²) < 4.78 is 5.48. The molecule has 1 aliphatic heterocycles. The van der Waals surface area contributed by atoms with Crippen molar-refractivity contribution in [2.24, 2.45) is 0 Å².